The van der Waals surface area contributed by atoms with Crippen LogP contribution in [0.15, 0.2) is 24.3 Å². The van der Waals surface area contributed by atoms with Gasteiger partial charge in [-0.2, -0.15) is 8.78 Å². The summed E-state index contributed by atoms with van der Waals surface area (Å²) in [7, 11) is 0. The molecule has 0 aliphatic carbocycles. The summed E-state index contributed by atoms with van der Waals surface area (Å²) in [6.07, 6.45) is -4.08. The van der Waals surface area contributed by atoms with Gasteiger partial charge in [0.25, 0.3) is 5.63 Å². The molecule has 1 aromatic rings. The molecule has 1 aromatic carbocycles. The molecule has 0 saturated heterocycles. The third-order valence-electron chi connectivity index (χ3n) is 1.34. The van der Waals surface area contributed by atoms with Gasteiger partial charge in [0.15, 0.2) is 0 Å². The van der Waals surface area contributed by atoms with Gasteiger partial charge >= 0.3 is 6.11 Å². The molecule has 1 rings (SSSR count). The molecule has 0 aliphatic heterocycles. The van der Waals surface area contributed by atoms with Crippen LogP contribution in [0.1, 0.15) is 0 Å². The molecule has 0 heterocycles. The molecule has 14 heavy (non-hydrogen) atoms. The van der Waals surface area contributed by atoms with Gasteiger partial charge < -0.3 is 9.84 Å². The van der Waals surface area contributed by atoms with E-state index >= 15 is 0 Å². The van der Waals surface area contributed by atoms with E-state index in [1.165, 1.54) is 0 Å². The van der Waals surface area contributed by atoms with Crippen LogP contribution < -0.4 is 4.74 Å². The lowest BCUT2D eigenvalue weighted by Gasteiger charge is -2.17. The Labute approximate surface area is 82.9 Å². The number of phenolic OH excluding ortho intramolecular Hbond substituents is 1. The van der Waals surface area contributed by atoms with Crippen LogP contribution in [0.2, 0.25) is 0 Å². The Hall–Kier alpha value is -1.10. The third kappa shape index (κ3) is 2.70. The lowest BCUT2D eigenvalue weighted by atomic mass is 10.3. The van der Waals surface area contributed by atoms with Crippen LogP contribution in [-0.4, -0.2) is 16.8 Å². The van der Waals surface area contributed by atoms with Crippen LogP contribution in [0.5, 0.6) is 11.5 Å². The average Bonchev–Trinajstić information content (AvgIpc) is 2.08. The molecular weight excluding hydrogens is 221 g/mol. The Morgan fingerprint density at radius 2 is 1.79 bits per heavy atom. The number of benzene rings is 1. The van der Waals surface area contributed by atoms with Gasteiger partial charge in [-0.05, 0) is 24.3 Å². The van der Waals surface area contributed by atoms with Gasteiger partial charge in [-0.25, -0.2) is 4.39 Å². The van der Waals surface area contributed by atoms with Crippen molar-refractivity contribution in [3.63, 3.8) is 0 Å². The van der Waals surface area contributed by atoms with Crippen molar-refractivity contribution >= 4 is 11.6 Å². The van der Waals surface area contributed by atoms with Gasteiger partial charge in [0.05, 0.1) is 0 Å². The highest BCUT2D eigenvalue weighted by Gasteiger charge is 2.42. The molecule has 78 valence electrons. The van der Waals surface area contributed by atoms with Crippen LogP contribution in [0.4, 0.5) is 13.2 Å². The summed E-state index contributed by atoms with van der Waals surface area (Å²) in [4.78, 5) is 0. The van der Waals surface area contributed by atoms with E-state index in [4.69, 9.17) is 5.11 Å². The Bertz CT molecular complexity index is 300. The second-order valence-corrected chi connectivity index (χ2v) is 2.84. The van der Waals surface area contributed by atoms with Crippen LogP contribution in [0.25, 0.3) is 0 Å². The quantitative estimate of drug-likeness (QED) is 0.803. The summed E-state index contributed by atoms with van der Waals surface area (Å²) in [5, 5.41) is 8.82. The summed E-state index contributed by atoms with van der Waals surface area (Å²) >= 11 is 4.56. The van der Waals surface area contributed by atoms with Crippen molar-refractivity contribution in [2.75, 3.05) is 0 Å². The normalized spacial score (nSPS) is 13.7. The van der Waals surface area contributed by atoms with Gasteiger partial charge in [0, 0.05) is 0 Å². The highest BCUT2D eigenvalue weighted by atomic mass is 35.5. The van der Waals surface area contributed by atoms with Gasteiger partial charge in [0.2, 0.25) is 0 Å². The maximum absolute atomic E-state index is 12.5. The summed E-state index contributed by atoms with van der Waals surface area (Å²) in [6, 6.07) is 4.41. The molecule has 0 saturated carbocycles. The molecular formula is C8H6ClF3O2. The second kappa shape index (κ2) is 3.96. The summed E-state index contributed by atoms with van der Waals surface area (Å²) in [6.45, 7) is 0. The van der Waals surface area contributed by atoms with E-state index in [1.807, 2.05) is 0 Å². The van der Waals surface area contributed by atoms with Crippen molar-refractivity contribution < 1.29 is 23.0 Å². The molecule has 0 unspecified atom stereocenters. The van der Waals surface area contributed by atoms with Gasteiger partial charge in [-0.1, -0.05) is 11.6 Å². The second-order valence-electron chi connectivity index (χ2n) is 2.46. The predicted octanol–water partition coefficient (Wildman–Crippen LogP) is 2.90. The number of halogens is 4. The summed E-state index contributed by atoms with van der Waals surface area (Å²) < 4.78 is 41.1. The Morgan fingerprint density at radius 3 is 2.21 bits per heavy atom. The van der Waals surface area contributed by atoms with Crippen molar-refractivity contribution in [3.05, 3.63) is 24.3 Å². The minimum Gasteiger partial charge on any atom is -0.508 e. The third-order valence-corrected chi connectivity index (χ3v) is 1.60. The molecule has 2 nitrogen and oxygen atoms in total. The maximum atomic E-state index is 12.5. The van der Waals surface area contributed by atoms with E-state index in [1.54, 1.807) is 0 Å². The number of aromatic hydroxyl groups is 1. The van der Waals surface area contributed by atoms with Crippen molar-refractivity contribution in [1.82, 2.24) is 0 Å². The monoisotopic (exact) mass is 226 g/mol. The molecule has 0 bridgehead atoms. The SMILES string of the molecule is Oc1ccc(OC(F)(F)[C@H](F)Cl)cc1. The van der Waals surface area contributed by atoms with E-state index in [2.05, 4.69) is 16.3 Å². The minimum absolute atomic E-state index is 0.108. The molecule has 0 aliphatic rings. The van der Waals surface area contributed by atoms with E-state index < -0.39 is 11.7 Å². The van der Waals surface area contributed by atoms with Gasteiger partial charge in [-0.15, -0.1) is 0 Å². The van der Waals surface area contributed by atoms with Crippen molar-refractivity contribution in [2.45, 2.75) is 11.7 Å². The fraction of sp³-hybridized carbons (Fsp3) is 0.250. The fourth-order valence-electron chi connectivity index (χ4n) is 0.716. The number of rotatable bonds is 3. The van der Waals surface area contributed by atoms with Crippen LogP contribution in [-0.2, 0) is 0 Å². The highest BCUT2D eigenvalue weighted by molar-refractivity contribution is 6.20. The smallest absolute Gasteiger partial charge is 0.444 e. The largest absolute Gasteiger partial charge is 0.508 e. The van der Waals surface area contributed by atoms with Gasteiger partial charge in [-0.3, -0.25) is 0 Å². The number of alkyl halides is 4. The highest BCUT2D eigenvalue weighted by Crippen LogP contribution is 2.29. The molecule has 0 aromatic heterocycles. The first-order valence-corrected chi connectivity index (χ1v) is 3.99. The van der Waals surface area contributed by atoms with E-state index in [9.17, 15) is 13.2 Å². The van der Waals surface area contributed by atoms with Crippen molar-refractivity contribution in [1.29, 1.82) is 0 Å². The van der Waals surface area contributed by atoms with Gasteiger partial charge in [0.1, 0.15) is 11.5 Å². The lowest BCUT2D eigenvalue weighted by molar-refractivity contribution is -0.199. The molecule has 1 N–H and O–H groups in total. The van der Waals surface area contributed by atoms with Crippen LogP contribution in [0, 0.1) is 0 Å². The zero-order valence-corrected chi connectivity index (χ0v) is 7.51. The molecule has 0 fully saturated rings. The maximum Gasteiger partial charge on any atom is 0.444 e. The predicted molar refractivity (Wildman–Crippen MR) is 44.4 cm³/mol. The molecule has 6 heteroatoms. The van der Waals surface area contributed by atoms with E-state index in [0.717, 1.165) is 24.3 Å². The molecule has 0 spiro atoms. The molecule has 0 amide bonds. The first-order chi connectivity index (χ1) is 6.42. The lowest BCUT2D eigenvalue weighted by Crippen LogP contribution is -2.32. The van der Waals surface area contributed by atoms with Crippen molar-refractivity contribution in [2.24, 2.45) is 0 Å². The summed E-state index contributed by atoms with van der Waals surface area (Å²) in [5.74, 6) is -0.389. The molecule has 0 radical (unpaired) electrons. The fourth-order valence-corrected chi connectivity index (χ4v) is 0.760. The molecule has 1 atom stereocenters. The number of hydrogen-bond donors (Lipinski definition) is 1. The topological polar surface area (TPSA) is 29.5 Å². The first kappa shape index (κ1) is 11.0. The minimum atomic E-state index is -4.08. The zero-order chi connectivity index (χ0) is 10.8. The van der Waals surface area contributed by atoms with E-state index in [-0.39, 0.29) is 11.5 Å². The van der Waals surface area contributed by atoms with Crippen LogP contribution in [0.3, 0.4) is 0 Å². The summed E-state index contributed by atoms with van der Waals surface area (Å²) in [5.41, 5.74) is -2.92. The first-order valence-electron chi connectivity index (χ1n) is 3.56. The number of ether oxygens (including phenoxy) is 1. The zero-order valence-electron chi connectivity index (χ0n) is 6.75. The Balaban J connectivity index is 2.74. The Kier molecular flexibility index (Phi) is 3.10. The van der Waals surface area contributed by atoms with Crippen LogP contribution >= 0.6 is 11.6 Å². The Morgan fingerprint density at radius 1 is 1.29 bits per heavy atom. The van der Waals surface area contributed by atoms with E-state index in [0.29, 0.717) is 0 Å². The number of phenols is 1. The average molecular weight is 227 g/mol. The number of hydrogen-bond acceptors (Lipinski definition) is 2. The van der Waals surface area contributed by atoms with Crippen molar-refractivity contribution in [3.8, 4) is 11.5 Å². The standard InChI is InChI=1S/C8H6ClF3O2/c9-7(10)8(11,12)14-6-3-1-5(13)2-4-6/h1-4,7,13H/t7-/m0/s1.